The average Bonchev–Trinajstić information content (AvgIpc) is 1.61. The van der Waals surface area contributed by atoms with E-state index in [1.54, 1.807) is 0 Å². The van der Waals surface area contributed by atoms with Gasteiger partial charge >= 0.3 is 18.9 Å². The first-order valence-electron chi connectivity index (χ1n) is 2.16. The Morgan fingerprint density at radius 1 is 1.57 bits per heavy atom. The molecule has 0 saturated carbocycles. The molecule has 0 aromatic heterocycles. The number of hydrogen-bond acceptors (Lipinski definition) is 0. The van der Waals surface area contributed by atoms with Crippen LogP contribution in [0.4, 0.5) is 0 Å². The molecule has 0 radical (unpaired) electrons. The fraction of sp³-hybridized carbons (Fsp3) is 0.500. The molecule has 0 amide bonds. The molecule has 0 aliphatic carbocycles. The van der Waals surface area contributed by atoms with Crippen molar-refractivity contribution in [1.29, 1.82) is 0 Å². The smallest absolute Gasteiger partial charge is 0.328 e. The monoisotopic (exact) mass is 88.1 g/mol. The Bertz CT molecular complexity index is 66.0. The maximum Gasteiger partial charge on any atom is 1.00 e. The van der Waals surface area contributed by atoms with Crippen molar-refractivity contribution in [3.63, 3.8) is 0 Å². The first-order valence-corrected chi connectivity index (χ1v) is 2.16. The van der Waals surface area contributed by atoms with E-state index in [4.69, 9.17) is 0 Å². The minimum Gasteiger partial charge on any atom is -0.328 e. The van der Waals surface area contributed by atoms with Crippen LogP contribution in [0.1, 0.15) is 19.8 Å². The van der Waals surface area contributed by atoms with Crippen LogP contribution >= 0.6 is 0 Å². The van der Waals surface area contributed by atoms with Gasteiger partial charge in [-0.05, 0) is 0 Å². The summed E-state index contributed by atoms with van der Waals surface area (Å²) in [5.74, 6) is 5.41. The van der Waals surface area contributed by atoms with Crippen LogP contribution in [0, 0.1) is 18.8 Å². The van der Waals surface area contributed by atoms with E-state index in [1.165, 1.54) is 0 Å². The summed E-state index contributed by atoms with van der Waals surface area (Å²) in [6.45, 7) is 5.46. The molecule has 0 atom stereocenters. The summed E-state index contributed by atoms with van der Waals surface area (Å²) in [4.78, 5) is 0. The zero-order valence-corrected chi connectivity index (χ0v) is 5.12. The molecule has 0 unspecified atom stereocenters. The number of rotatable bonds is 1. The number of hydrogen-bond donors (Lipinski definition) is 0. The van der Waals surface area contributed by atoms with Crippen LogP contribution in [0.25, 0.3) is 0 Å². The van der Waals surface area contributed by atoms with Gasteiger partial charge in [0.1, 0.15) is 0 Å². The first kappa shape index (κ1) is 10.1. The van der Waals surface area contributed by atoms with Crippen LogP contribution < -0.4 is 18.9 Å². The largest absolute Gasteiger partial charge is 1.00 e. The molecular formula is C6H9Li. The predicted octanol–water partition coefficient (Wildman–Crippen LogP) is -1.37. The van der Waals surface area contributed by atoms with Crippen molar-refractivity contribution in [2.45, 2.75) is 19.8 Å². The van der Waals surface area contributed by atoms with Crippen molar-refractivity contribution in [3.05, 3.63) is 6.92 Å². The van der Waals surface area contributed by atoms with Crippen molar-refractivity contribution in [1.82, 2.24) is 0 Å². The van der Waals surface area contributed by atoms with E-state index >= 15 is 0 Å². The molecule has 1 heteroatoms. The van der Waals surface area contributed by atoms with Gasteiger partial charge in [0.2, 0.25) is 0 Å². The minimum absolute atomic E-state index is 0. The van der Waals surface area contributed by atoms with Crippen LogP contribution in [0.3, 0.4) is 0 Å². The summed E-state index contributed by atoms with van der Waals surface area (Å²) in [6, 6.07) is 0. The van der Waals surface area contributed by atoms with E-state index in [9.17, 15) is 0 Å². The van der Waals surface area contributed by atoms with Crippen LogP contribution in [0.5, 0.6) is 0 Å². The van der Waals surface area contributed by atoms with Gasteiger partial charge in [0.25, 0.3) is 0 Å². The molecular weight excluding hydrogens is 79.0 g/mol. The Morgan fingerprint density at radius 3 is 2.29 bits per heavy atom. The maximum atomic E-state index is 3.36. The molecule has 34 valence electrons. The minimum atomic E-state index is 0. The Labute approximate surface area is 57.9 Å². The van der Waals surface area contributed by atoms with Crippen LogP contribution in [0.15, 0.2) is 0 Å². The first-order chi connectivity index (χ1) is 2.91. The van der Waals surface area contributed by atoms with Crippen molar-refractivity contribution >= 4 is 0 Å². The normalized spacial score (nSPS) is 5.29. The van der Waals surface area contributed by atoms with Crippen molar-refractivity contribution in [3.8, 4) is 11.8 Å². The van der Waals surface area contributed by atoms with Crippen molar-refractivity contribution in [2.75, 3.05) is 0 Å². The van der Waals surface area contributed by atoms with E-state index < -0.39 is 0 Å². The SMILES string of the molecule is [CH2-]C#CCCC.[Li+]. The van der Waals surface area contributed by atoms with E-state index in [-0.39, 0.29) is 18.9 Å². The van der Waals surface area contributed by atoms with Gasteiger partial charge in [0.15, 0.2) is 0 Å². The van der Waals surface area contributed by atoms with E-state index in [2.05, 4.69) is 25.7 Å². The quantitative estimate of drug-likeness (QED) is 0.211. The fourth-order valence-electron chi connectivity index (χ4n) is 0.213. The zero-order valence-electron chi connectivity index (χ0n) is 5.12. The maximum absolute atomic E-state index is 3.36. The summed E-state index contributed by atoms with van der Waals surface area (Å²) < 4.78 is 0. The summed E-state index contributed by atoms with van der Waals surface area (Å²) in [7, 11) is 0. The second-order valence-electron chi connectivity index (χ2n) is 1.10. The molecule has 0 N–H and O–H groups in total. The van der Waals surface area contributed by atoms with Gasteiger partial charge < -0.3 is 5.92 Å². The Hall–Kier alpha value is 0.0274. The summed E-state index contributed by atoms with van der Waals surface area (Å²) in [6.07, 6.45) is 2.13. The Balaban J connectivity index is 0. The third kappa shape index (κ3) is 10.7. The van der Waals surface area contributed by atoms with Crippen LogP contribution in [-0.2, 0) is 0 Å². The molecule has 0 aromatic carbocycles. The molecule has 0 bridgehead atoms. The summed E-state index contributed by atoms with van der Waals surface area (Å²) >= 11 is 0. The topological polar surface area (TPSA) is 0 Å². The predicted molar refractivity (Wildman–Crippen MR) is 28.0 cm³/mol. The van der Waals surface area contributed by atoms with Gasteiger partial charge in [-0.15, -0.1) is 0 Å². The van der Waals surface area contributed by atoms with Crippen LogP contribution in [-0.4, -0.2) is 0 Å². The third-order valence-electron chi connectivity index (χ3n) is 0.500. The van der Waals surface area contributed by atoms with Crippen molar-refractivity contribution in [2.24, 2.45) is 0 Å². The van der Waals surface area contributed by atoms with Gasteiger partial charge in [-0.3, -0.25) is 5.92 Å². The van der Waals surface area contributed by atoms with E-state index in [1.807, 2.05) is 0 Å². The molecule has 7 heavy (non-hydrogen) atoms. The van der Waals surface area contributed by atoms with Crippen LogP contribution in [0.2, 0.25) is 0 Å². The zero-order chi connectivity index (χ0) is 4.83. The molecule has 0 aromatic rings. The summed E-state index contributed by atoms with van der Waals surface area (Å²) in [5, 5.41) is 0. The van der Waals surface area contributed by atoms with Gasteiger partial charge in [-0.1, -0.05) is 19.8 Å². The van der Waals surface area contributed by atoms with Gasteiger partial charge in [0.05, 0.1) is 0 Å². The Morgan fingerprint density at radius 2 is 2.14 bits per heavy atom. The molecule has 0 nitrogen and oxygen atoms in total. The van der Waals surface area contributed by atoms with Crippen molar-refractivity contribution < 1.29 is 18.9 Å². The van der Waals surface area contributed by atoms with Gasteiger partial charge in [0, 0.05) is 0 Å². The molecule has 0 aliphatic rings. The average molecular weight is 88.1 g/mol. The molecule has 0 rings (SSSR count). The Kier molecular flexibility index (Phi) is 13.6. The molecule has 0 spiro atoms. The van der Waals surface area contributed by atoms with Gasteiger partial charge in [-0.25, -0.2) is 0 Å². The fourth-order valence-corrected chi connectivity index (χ4v) is 0.213. The number of unbranched alkanes of at least 4 members (excludes halogenated alkanes) is 1. The molecule has 0 fully saturated rings. The van der Waals surface area contributed by atoms with Gasteiger partial charge in [-0.2, -0.15) is 6.92 Å². The molecule has 0 aliphatic heterocycles. The summed E-state index contributed by atoms with van der Waals surface area (Å²) in [5.41, 5.74) is 0. The second-order valence-corrected chi connectivity index (χ2v) is 1.10. The standard InChI is InChI=1S/C6H9.Li/c1-3-5-6-4-2;/h1,4,6H2,2H3;/q-1;+1. The van der Waals surface area contributed by atoms with E-state index in [0.29, 0.717) is 0 Å². The molecule has 0 heterocycles. The van der Waals surface area contributed by atoms with E-state index in [0.717, 1.165) is 12.8 Å². The second kappa shape index (κ2) is 9.39. The molecule has 0 saturated heterocycles. The third-order valence-corrected chi connectivity index (χ3v) is 0.500.